The van der Waals surface area contributed by atoms with Crippen LogP contribution in [0, 0.1) is 0 Å². The molecule has 0 aliphatic carbocycles. The van der Waals surface area contributed by atoms with Crippen molar-refractivity contribution in [3.63, 3.8) is 0 Å². The van der Waals surface area contributed by atoms with Crippen molar-refractivity contribution in [1.82, 2.24) is 14.8 Å². The van der Waals surface area contributed by atoms with Gasteiger partial charge in [0.1, 0.15) is 12.4 Å². The topological polar surface area (TPSA) is 86.3 Å². The molecule has 1 aromatic carbocycles. The maximum absolute atomic E-state index is 13.0. The van der Waals surface area contributed by atoms with Gasteiger partial charge in [0.2, 0.25) is 5.13 Å². The summed E-state index contributed by atoms with van der Waals surface area (Å²) in [6.45, 7) is 3.42. The van der Waals surface area contributed by atoms with Crippen LogP contribution in [0.3, 0.4) is 0 Å². The molecule has 0 atom stereocenters. The zero-order valence-corrected chi connectivity index (χ0v) is 15.2. The molecule has 4 rings (SSSR count). The van der Waals surface area contributed by atoms with Gasteiger partial charge in [0.05, 0.1) is 29.7 Å². The highest BCUT2D eigenvalue weighted by molar-refractivity contribution is 7.12. The number of rotatable bonds is 4. The van der Waals surface area contributed by atoms with Crippen LogP contribution < -0.4 is 15.4 Å². The lowest BCUT2D eigenvalue weighted by Gasteiger charge is -2.29. The molecule has 0 radical (unpaired) electrons. The lowest BCUT2D eigenvalue weighted by Crippen LogP contribution is -2.38. The van der Waals surface area contributed by atoms with Gasteiger partial charge in [-0.15, -0.1) is 11.3 Å². The minimum absolute atomic E-state index is 0.109. The molecule has 3 aromatic rings. The number of fused-ring (bicyclic) bond motifs is 1. The second-order valence-corrected chi connectivity index (χ2v) is 6.80. The van der Waals surface area contributed by atoms with Crippen molar-refractivity contribution in [1.29, 1.82) is 0 Å². The molecule has 0 saturated heterocycles. The van der Waals surface area contributed by atoms with Gasteiger partial charge in [0.15, 0.2) is 0 Å². The molecule has 3 heterocycles. The first-order valence-corrected chi connectivity index (χ1v) is 9.34. The first-order valence-electron chi connectivity index (χ1n) is 8.46. The fraction of sp³-hybridized carbons (Fsp3) is 0.278. The molecule has 1 aliphatic rings. The molecule has 0 fully saturated rings. The van der Waals surface area contributed by atoms with Gasteiger partial charge < -0.3 is 15.4 Å². The Balaban J connectivity index is 1.63. The summed E-state index contributed by atoms with van der Waals surface area (Å²) in [5.41, 5.74) is 8.98. The minimum atomic E-state index is -0.109. The largest absolute Gasteiger partial charge is 0.490 e. The standard InChI is InChI=1S/C18H19N5O2S/c1-2-14-11-26-18(21-14)23-10-13(9-20-23)17(24)22-5-6-25-16-4-3-12(8-19)7-15(16)22/h3-4,7,9-11H,2,5-6,8,19H2,1H3. The van der Waals surface area contributed by atoms with Gasteiger partial charge in [-0.25, -0.2) is 9.67 Å². The monoisotopic (exact) mass is 369 g/mol. The van der Waals surface area contributed by atoms with Crippen molar-refractivity contribution in [2.75, 3.05) is 18.1 Å². The van der Waals surface area contributed by atoms with Crippen LogP contribution in [0.2, 0.25) is 0 Å². The number of thiazole rings is 1. The number of hydrogen-bond acceptors (Lipinski definition) is 6. The van der Waals surface area contributed by atoms with E-state index >= 15 is 0 Å². The summed E-state index contributed by atoms with van der Waals surface area (Å²) < 4.78 is 7.31. The normalized spacial score (nSPS) is 13.4. The number of benzene rings is 1. The summed E-state index contributed by atoms with van der Waals surface area (Å²) in [4.78, 5) is 19.3. The molecule has 134 valence electrons. The summed E-state index contributed by atoms with van der Waals surface area (Å²) >= 11 is 1.51. The van der Waals surface area contributed by atoms with Gasteiger partial charge in [0.25, 0.3) is 5.91 Å². The average Bonchev–Trinajstić information content (AvgIpc) is 3.35. The molecule has 0 spiro atoms. The van der Waals surface area contributed by atoms with E-state index in [9.17, 15) is 4.79 Å². The lowest BCUT2D eigenvalue weighted by molar-refractivity contribution is 0.0976. The predicted molar refractivity (Wildman–Crippen MR) is 100 cm³/mol. The van der Waals surface area contributed by atoms with E-state index in [0.29, 0.717) is 31.0 Å². The highest BCUT2D eigenvalue weighted by Crippen LogP contribution is 2.33. The molecule has 2 aromatic heterocycles. The maximum Gasteiger partial charge on any atom is 0.261 e. The molecule has 1 aliphatic heterocycles. The third-order valence-corrected chi connectivity index (χ3v) is 5.17. The van der Waals surface area contributed by atoms with Gasteiger partial charge in [-0.1, -0.05) is 13.0 Å². The van der Waals surface area contributed by atoms with E-state index in [1.54, 1.807) is 22.0 Å². The Morgan fingerprint density at radius 3 is 3.08 bits per heavy atom. The molecule has 7 nitrogen and oxygen atoms in total. The first kappa shape index (κ1) is 16.7. The second kappa shape index (κ2) is 6.89. The van der Waals surface area contributed by atoms with Crippen LogP contribution in [0.4, 0.5) is 5.69 Å². The molecule has 0 bridgehead atoms. The van der Waals surface area contributed by atoms with Crippen LogP contribution >= 0.6 is 11.3 Å². The first-order chi connectivity index (χ1) is 12.7. The van der Waals surface area contributed by atoms with Crippen LogP contribution in [-0.2, 0) is 13.0 Å². The summed E-state index contributed by atoms with van der Waals surface area (Å²) in [6.07, 6.45) is 4.18. The van der Waals surface area contributed by atoms with E-state index in [2.05, 4.69) is 17.0 Å². The van der Waals surface area contributed by atoms with E-state index in [-0.39, 0.29) is 5.91 Å². The van der Waals surface area contributed by atoms with Crippen LogP contribution in [0.25, 0.3) is 5.13 Å². The Labute approximate surface area is 155 Å². The van der Waals surface area contributed by atoms with Crippen LogP contribution in [0.15, 0.2) is 36.0 Å². The number of anilines is 1. The Bertz CT molecular complexity index is 949. The van der Waals surface area contributed by atoms with Crippen molar-refractivity contribution in [2.45, 2.75) is 19.9 Å². The Kier molecular flexibility index (Phi) is 4.44. The SMILES string of the molecule is CCc1csc(-n2cc(C(=O)N3CCOc4ccc(CN)cc43)cn2)n1. The van der Waals surface area contributed by atoms with Gasteiger partial charge in [0, 0.05) is 18.1 Å². The Morgan fingerprint density at radius 2 is 2.31 bits per heavy atom. The molecular weight excluding hydrogens is 350 g/mol. The van der Waals surface area contributed by atoms with Crippen LogP contribution in [0.5, 0.6) is 5.75 Å². The Morgan fingerprint density at radius 1 is 1.42 bits per heavy atom. The second-order valence-electron chi connectivity index (χ2n) is 5.96. The minimum Gasteiger partial charge on any atom is -0.490 e. The predicted octanol–water partition coefficient (Wildman–Crippen LogP) is 2.39. The molecule has 26 heavy (non-hydrogen) atoms. The third kappa shape index (κ3) is 2.97. The van der Waals surface area contributed by atoms with Crippen molar-refractivity contribution in [2.24, 2.45) is 5.73 Å². The van der Waals surface area contributed by atoms with E-state index in [4.69, 9.17) is 10.5 Å². The highest BCUT2D eigenvalue weighted by Gasteiger charge is 2.26. The van der Waals surface area contributed by atoms with Gasteiger partial charge in [-0.3, -0.25) is 4.79 Å². The zero-order valence-electron chi connectivity index (χ0n) is 14.4. The number of amides is 1. The average molecular weight is 369 g/mol. The summed E-state index contributed by atoms with van der Waals surface area (Å²) in [5, 5.41) is 7.07. The number of nitrogens with zero attached hydrogens (tertiary/aromatic N) is 4. The summed E-state index contributed by atoms with van der Waals surface area (Å²) in [6, 6.07) is 5.69. The van der Waals surface area contributed by atoms with Crippen LogP contribution in [0.1, 0.15) is 28.5 Å². The third-order valence-electron chi connectivity index (χ3n) is 4.29. The smallest absolute Gasteiger partial charge is 0.261 e. The number of aromatic nitrogens is 3. The molecule has 0 unspecified atom stereocenters. The van der Waals surface area contributed by atoms with Crippen molar-refractivity contribution >= 4 is 22.9 Å². The van der Waals surface area contributed by atoms with Crippen molar-refractivity contribution in [3.05, 3.63) is 52.8 Å². The van der Waals surface area contributed by atoms with E-state index in [1.165, 1.54) is 11.3 Å². The van der Waals surface area contributed by atoms with Crippen molar-refractivity contribution < 1.29 is 9.53 Å². The highest BCUT2D eigenvalue weighted by atomic mass is 32.1. The lowest BCUT2D eigenvalue weighted by atomic mass is 10.1. The number of carbonyl (C=O) groups is 1. The molecule has 0 saturated carbocycles. The van der Waals surface area contributed by atoms with Crippen LogP contribution in [-0.4, -0.2) is 33.8 Å². The number of aryl methyl sites for hydroxylation is 1. The Hall–Kier alpha value is -2.71. The number of carbonyl (C=O) groups excluding carboxylic acids is 1. The quantitative estimate of drug-likeness (QED) is 0.763. The van der Waals surface area contributed by atoms with Gasteiger partial charge >= 0.3 is 0 Å². The fourth-order valence-corrected chi connectivity index (χ4v) is 3.70. The van der Waals surface area contributed by atoms with Gasteiger partial charge in [-0.2, -0.15) is 5.10 Å². The number of nitrogens with two attached hydrogens (primary N) is 1. The summed E-state index contributed by atoms with van der Waals surface area (Å²) in [5.74, 6) is 0.587. The zero-order chi connectivity index (χ0) is 18.1. The van der Waals surface area contributed by atoms with E-state index in [1.807, 2.05) is 23.6 Å². The number of hydrogen-bond donors (Lipinski definition) is 1. The van der Waals surface area contributed by atoms with E-state index in [0.717, 1.165) is 28.5 Å². The van der Waals surface area contributed by atoms with E-state index < -0.39 is 0 Å². The molecule has 1 amide bonds. The molecule has 8 heteroatoms. The van der Waals surface area contributed by atoms with Crippen molar-refractivity contribution in [3.8, 4) is 10.9 Å². The molecular formula is C18H19N5O2S. The number of ether oxygens (including phenoxy) is 1. The fourth-order valence-electron chi connectivity index (χ4n) is 2.86. The summed E-state index contributed by atoms with van der Waals surface area (Å²) in [7, 11) is 0. The maximum atomic E-state index is 13.0. The molecule has 2 N–H and O–H groups in total. The van der Waals surface area contributed by atoms with Gasteiger partial charge in [-0.05, 0) is 24.1 Å².